The molecule has 1 N–H and O–H groups in total. The molecular weight excluding hydrogens is 174 g/mol. The average molecular weight is 199 g/mol. The Morgan fingerprint density at radius 3 is 2.64 bits per heavy atom. The molecule has 0 aromatic heterocycles. The van der Waals surface area contributed by atoms with Gasteiger partial charge in [0.2, 0.25) is 0 Å². The van der Waals surface area contributed by atoms with Gasteiger partial charge in [0.15, 0.2) is 0 Å². The second-order valence-corrected chi connectivity index (χ2v) is 4.85. The highest BCUT2D eigenvalue weighted by Crippen LogP contribution is 2.20. The van der Waals surface area contributed by atoms with Gasteiger partial charge in [0, 0.05) is 18.7 Å². The molecule has 2 nitrogen and oxygen atoms in total. The molecule has 1 fully saturated rings. The van der Waals surface area contributed by atoms with Gasteiger partial charge < -0.3 is 10.1 Å². The summed E-state index contributed by atoms with van der Waals surface area (Å²) in [4.78, 5) is 0. The van der Waals surface area contributed by atoms with Crippen LogP contribution in [0.3, 0.4) is 0 Å². The van der Waals surface area contributed by atoms with Gasteiger partial charge in [-0.25, -0.2) is 0 Å². The molecule has 0 aromatic carbocycles. The number of rotatable bonds is 4. The molecule has 0 spiro atoms. The van der Waals surface area contributed by atoms with Gasteiger partial charge >= 0.3 is 0 Å². The van der Waals surface area contributed by atoms with Gasteiger partial charge in [-0.2, -0.15) is 0 Å². The summed E-state index contributed by atoms with van der Waals surface area (Å²) in [6, 6.07) is 1.32. The van der Waals surface area contributed by atoms with Crippen LogP contribution < -0.4 is 5.32 Å². The second kappa shape index (κ2) is 5.72. The molecule has 0 radical (unpaired) electrons. The second-order valence-electron chi connectivity index (χ2n) is 4.85. The summed E-state index contributed by atoms with van der Waals surface area (Å²) in [7, 11) is 0. The standard InChI is InChI=1S/C12H25NO/c1-5-10(4)13-11-6-7-14-12(8-11)9(2)3/h9-13H,5-8H2,1-4H3. The van der Waals surface area contributed by atoms with Crippen LogP contribution >= 0.6 is 0 Å². The van der Waals surface area contributed by atoms with Crippen LogP contribution in [0.25, 0.3) is 0 Å². The zero-order valence-electron chi connectivity index (χ0n) is 10.0. The van der Waals surface area contributed by atoms with E-state index >= 15 is 0 Å². The summed E-state index contributed by atoms with van der Waals surface area (Å²) in [6.07, 6.45) is 4.03. The highest BCUT2D eigenvalue weighted by molar-refractivity contribution is 4.80. The molecule has 0 amide bonds. The summed E-state index contributed by atoms with van der Waals surface area (Å²) >= 11 is 0. The van der Waals surface area contributed by atoms with Crippen molar-refractivity contribution in [2.75, 3.05) is 6.61 Å². The molecule has 3 atom stereocenters. The molecular formula is C12H25NO. The Kier molecular flexibility index (Phi) is 4.90. The van der Waals surface area contributed by atoms with Crippen molar-refractivity contribution in [3.63, 3.8) is 0 Å². The van der Waals surface area contributed by atoms with Crippen molar-refractivity contribution < 1.29 is 4.74 Å². The fraction of sp³-hybridized carbons (Fsp3) is 1.00. The van der Waals surface area contributed by atoms with Crippen molar-refractivity contribution in [3.05, 3.63) is 0 Å². The smallest absolute Gasteiger partial charge is 0.0612 e. The maximum atomic E-state index is 5.74. The first-order chi connectivity index (χ1) is 6.63. The lowest BCUT2D eigenvalue weighted by molar-refractivity contribution is -0.0256. The molecule has 0 bridgehead atoms. The van der Waals surface area contributed by atoms with E-state index in [0.717, 1.165) is 6.61 Å². The minimum atomic E-state index is 0.463. The maximum absolute atomic E-state index is 5.74. The highest BCUT2D eigenvalue weighted by Gasteiger charge is 2.25. The third-order valence-electron chi connectivity index (χ3n) is 3.19. The highest BCUT2D eigenvalue weighted by atomic mass is 16.5. The third-order valence-corrected chi connectivity index (χ3v) is 3.19. The first-order valence-corrected chi connectivity index (χ1v) is 6.01. The molecule has 0 saturated carbocycles. The van der Waals surface area contributed by atoms with E-state index in [1.54, 1.807) is 0 Å². The average Bonchev–Trinajstić information content (AvgIpc) is 2.18. The van der Waals surface area contributed by atoms with Crippen molar-refractivity contribution in [1.29, 1.82) is 0 Å². The van der Waals surface area contributed by atoms with E-state index in [1.807, 2.05) is 0 Å². The van der Waals surface area contributed by atoms with Crippen LogP contribution in [0.5, 0.6) is 0 Å². The molecule has 0 aromatic rings. The minimum Gasteiger partial charge on any atom is -0.378 e. The summed E-state index contributed by atoms with van der Waals surface area (Å²) < 4.78 is 5.74. The van der Waals surface area contributed by atoms with Crippen molar-refractivity contribution in [2.24, 2.45) is 5.92 Å². The molecule has 2 heteroatoms. The van der Waals surface area contributed by atoms with Crippen LogP contribution in [-0.4, -0.2) is 24.8 Å². The predicted octanol–water partition coefficient (Wildman–Crippen LogP) is 2.58. The zero-order valence-corrected chi connectivity index (χ0v) is 10.0. The monoisotopic (exact) mass is 199 g/mol. The van der Waals surface area contributed by atoms with Crippen LogP contribution in [0.2, 0.25) is 0 Å². The first kappa shape index (κ1) is 12.0. The topological polar surface area (TPSA) is 21.3 Å². The van der Waals surface area contributed by atoms with Crippen molar-refractivity contribution in [1.82, 2.24) is 5.32 Å². The fourth-order valence-electron chi connectivity index (χ4n) is 1.96. The normalized spacial score (nSPS) is 30.6. The van der Waals surface area contributed by atoms with Crippen LogP contribution in [0, 0.1) is 5.92 Å². The maximum Gasteiger partial charge on any atom is 0.0612 e. The number of nitrogens with one attached hydrogen (secondary N) is 1. The Hall–Kier alpha value is -0.0800. The van der Waals surface area contributed by atoms with Gasteiger partial charge in [-0.1, -0.05) is 20.8 Å². The molecule has 0 aliphatic carbocycles. The van der Waals surface area contributed by atoms with Crippen molar-refractivity contribution >= 4 is 0 Å². The van der Waals surface area contributed by atoms with Gasteiger partial charge in [-0.3, -0.25) is 0 Å². The van der Waals surface area contributed by atoms with E-state index in [1.165, 1.54) is 19.3 Å². The van der Waals surface area contributed by atoms with E-state index < -0.39 is 0 Å². The van der Waals surface area contributed by atoms with Gasteiger partial charge in [0.25, 0.3) is 0 Å². The summed E-state index contributed by atoms with van der Waals surface area (Å²) in [5.74, 6) is 0.650. The molecule has 84 valence electrons. The Balaban J connectivity index is 2.32. The van der Waals surface area contributed by atoms with Crippen LogP contribution in [0.4, 0.5) is 0 Å². The quantitative estimate of drug-likeness (QED) is 0.751. The first-order valence-electron chi connectivity index (χ1n) is 6.01. The van der Waals surface area contributed by atoms with E-state index in [4.69, 9.17) is 4.74 Å². The summed E-state index contributed by atoms with van der Waals surface area (Å²) in [5, 5.41) is 3.67. The number of ether oxygens (including phenoxy) is 1. The summed E-state index contributed by atoms with van der Waals surface area (Å²) in [5.41, 5.74) is 0. The van der Waals surface area contributed by atoms with Gasteiger partial charge in [0.1, 0.15) is 0 Å². The van der Waals surface area contributed by atoms with Crippen molar-refractivity contribution in [2.45, 2.75) is 65.1 Å². The Bertz CT molecular complexity index is 158. The lowest BCUT2D eigenvalue weighted by atomic mass is 9.95. The van der Waals surface area contributed by atoms with E-state index in [2.05, 4.69) is 33.0 Å². The number of hydrogen-bond donors (Lipinski definition) is 1. The van der Waals surface area contributed by atoms with Gasteiger partial charge in [-0.15, -0.1) is 0 Å². The van der Waals surface area contributed by atoms with Crippen LogP contribution in [0.1, 0.15) is 47.0 Å². The Morgan fingerprint density at radius 2 is 2.07 bits per heavy atom. The minimum absolute atomic E-state index is 0.463. The van der Waals surface area contributed by atoms with E-state index in [-0.39, 0.29) is 0 Å². The fourth-order valence-corrected chi connectivity index (χ4v) is 1.96. The zero-order chi connectivity index (χ0) is 10.6. The van der Waals surface area contributed by atoms with Crippen molar-refractivity contribution in [3.8, 4) is 0 Å². The molecule has 1 aliphatic rings. The molecule has 1 heterocycles. The van der Waals surface area contributed by atoms with Gasteiger partial charge in [0.05, 0.1) is 6.10 Å². The molecule has 1 rings (SSSR count). The molecule has 14 heavy (non-hydrogen) atoms. The van der Waals surface area contributed by atoms with Gasteiger partial charge in [-0.05, 0) is 32.1 Å². The lowest BCUT2D eigenvalue weighted by Gasteiger charge is -2.33. The molecule has 1 aliphatic heterocycles. The number of hydrogen-bond acceptors (Lipinski definition) is 2. The SMILES string of the molecule is CCC(C)NC1CCOC(C(C)C)C1. The van der Waals surface area contributed by atoms with Crippen LogP contribution in [0.15, 0.2) is 0 Å². The van der Waals surface area contributed by atoms with E-state index in [9.17, 15) is 0 Å². The Morgan fingerprint density at radius 1 is 1.36 bits per heavy atom. The van der Waals surface area contributed by atoms with Crippen LogP contribution in [-0.2, 0) is 4.74 Å². The third kappa shape index (κ3) is 3.58. The summed E-state index contributed by atoms with van der Waals surface area (Å²) in [6.45, 7) is 9.92. The Labute approximate surface area is 88.4 Å². The molecule has 3 unspecified atom stereocenters. The largest absolute Gasteiger partial charge is 0.378 e. The lowest BCUT2D eigenvalue weighted by Crippen LogP contribution is -2.44. The molecule has 1 saturated heterocycles. The van der Waals surface area contributed by atoms with E-state index in [0.29, 0.717) is 24.1 Å². The predicted molar refractivity (Wildman–Crippen MR) is 60.5 cm³/mol.